The summed E-state index contributed by atoms with van der Waals surface area (Å²) in [6.07, 6.45) is 2.47. The number of likely N-dealkylation sites (N-methyl/N-ethyl adjacent to an activating group) is 1. The van der Waals surface area contributed by atoms with Crippen LogP contribution in [0.5, 0.6) is 11.5 Å². The molecule has 1 unspecified atom stereocenters. The number of nitrogens with zero attached hydrogens (tertiary/aromatic N) is 2. The predicted molar refractivity (Wildman–Crippen MR) is 81.1 cm³/mol. The van der Waals surface area contributed by atoms with E-state index in [1.165, 1.54) is 11.3 Å². The van der Waals surface area contributed by atoms with Gasteiger partial charge in [0.1, 0.15) is 11.5 Å². The van der Waals surface area contributed by atoms with Gasteiger partial charge in [0.05, 0.1) is 18.9 Å². The quantitative estimate of drug-likeness (QED) is 0.826. The summed E-state index contributed by atoms with van der Waals surface area (Å²) >= 11 is 0. The van der Waals surface area contributed by atoms with Crippen LogP contribution in [0.1, 0.15) is 18.9 Å². The lowest BCUT2D eigenvalue weighted by atomic mass is 10.0. The van der Waals surface area contributed by atoms with E-state index in [9.17, 15) is 0 Å². The third kappa shape index (κ3) is 2.57. The number of hydrogen-bond donors (Lipinski definition) is 0. The summed E-state index contributed by atoms with van der Waals surface area (Å²) in [6, 6.07) is 4.25. The van der Waals surface area contributed by atoms with Gasteiger partial charge in [-0.05, 0) is 32.9 Å². The Kier molecular flexibility index (Phi) is 3.74. The third-order valence-electron chi connectivity index (χ3n) is 4.34. The van der Waals surface area contributed by atoms with Crippen LogP contribution in [0.3, 0.4) is 0 Å². The number of aryl methyl sites for hydroxylation is 1. The van der Waals surface area contributed by atoms with Crippen LogP contribution in [0.4, 0.5) is 5.69 Å². The Labute approximate surface area is 121 Å². The summed E-state index contributed by atoms with van der Waals surface area (Å²) in [5.41, 5.74) is 2.50. The van der Waals surface area contributed by atoms with E-state index in [0.29, 0.717) is 6.10 Å². The largest absolute Gasteiger partial charge is 0.497 e. The van der Waals surface area contributed by atoms with Crippen molar-refractivity contribution in [2.45, 2.75) is 25.9 Å². The molecule has 0 bridgehead atoms. The molecule has 110 valence electrons. The highest BCUT2D eigenvalue weighted by Crippen LogP contribution is 2.40. The van der Waals surface area contributed by atoms with Crippen molar-refractivity contribution in [2.75, 3.05) is 45.2 Å². The van der Waals surface area contributed by atoms with E-state index >= 15 is 0 Å². The summed E-state index contributed by atoms with van der Waals surface area (Å²) < 4.78 is 11.6. The van der Waals surface area contributed by atoms with Gasteiger partial charge in [-0.3, -0.25) is 0 Å². The molecule has 1 aromatic rings. The Morgan fingerprint density at radius 2 is 1.95 bits per heavy atom. The van der Waals surface area contributed by atoms with E-state index < -0.39 is 0 Å². The monoisotopic (exact) mass is 276 g/mol. The van der Waals surface area contributed by atoms with E-state index in [1.807, 2.05) is 0 Å². The molecule has 20 heavy (non-hydrogen) atoms. The zero-order valence-electron chi connectivity index (χ0n) is 12.7. The van der Waals surface area contributed by atoms with Crippen LogP contribution in [-0.4, -0.2) is 51.3 Å². The van der Waals surface area contributed by atoms with Gasteiger partial charge in [-0.1, -0.05) is 0 Å². The van der Waals surface area contributed by atoms with Gasteiger partial charge in [0, 0.05) is 37.8 Å². The Morgan fingerprint density at radius 1 is 1.20 bits per heavy atom. The van der Waals surface area contributed by atoms with Gasteiger partial charge in [-0.25, -0.2) is 0 Å². The normalized spacial score (nSPS) is 23.1. The van der Waals surface area contributed by atoms with Crippen molar-refractivity contribution >= 4 is 5.69 Å². The van der Waals surface area contributed by atoms with Crippen LogP contribution < -0.4 is 14.4 Å². The second-order valence-electron chi connectivity index (χ2n) is 5.89. The molecule has 1 atom stereocenters. The van der Waals surface area contributed by atoms with Crippen molar-refractivity contribution in [3.05, 3.63) is 17.7 Å². The van der Waals surface area contributed by atoms with Crippen LogP contribution in [0.15, 0.2) is 12.1 Å². The first kappa shape index (κ1) is 13.6. The fourth-order valence-corrected chi connectivity index (χ4v) is 2.98. The van der Waals surface area contributed by atoms with Crippen LogP contribution in [0, 0.1) is 0 Å². The van der Waals surface area contributed by atoms with E-state index in [1.54, 1.807) is 7.11 Å². The minimum atomic E-state index is 0.308. The Hall–Kier alpha value is -1.42. The lowest BCUT2D eigenvalue weighted by molar-refractivity contribution is 0.192. The summed E-state index contributed by atoms with van der Waals surface area (Å²) in [4.78, 5) is 4.80. The molecular formula is C16H24N2O2. The summed E-state index contributed by atoms with van der Waals surface area (Å²) in [7, 11) is 3.92. The second kappa shape index (κ2) is 5.52. The number of fused-ring (bicyclic) bond motifs is 1. The maximum absolute atomic E-state index is 6.13. The smallest absolute Gasteiger partial charge is 0.146 e. The number of hydrogen-bond acceptors (Lipinski definition) is 4. The van der Waals surface area contributed by atoms with Crippen molar-refractivity contribution < 1.29 is 9.47 Å². The summed E-state index contributed by atoms with van der Waals surface area (Å²) in [6.45, 7) is 6.45. The maximum atomic E-state index is 6.13. The standard InChI is InChI=1S/C16H24N2O2/c1-12-4-5-13-10-14(19-3)11-15(16(13)20-12)18-8-6-17(2)7-9-18/h10-12H,4-9H2,1-3H3. The SMILES string of the molecule is COc1cc2c(c(N3CCN(C)CC3)c1)OC(C)CC2. The molecule has 1 aromatic carbocycles. The average molecular weight is 276 g/mol. The summed E-state index contributed by atoms with van der Waals surface area (Å²) in [5, 5.41) is 0. The molecule has 0 radical (unpaired) electrons. The highest BCUT2D eigenvalue weighted by Gasteiger charge is 2.25. The zero-order chi connectivity index (χ0) is 14.1. The minimum absolute atomic E-state index is 0.308. The van der Waals surface area contributed by atoms with Gasteiger partial charge in [-0.15, -0.1) is 0 Å². The van der Waals surface area contributed by atoms with Crippen LogP contribution in [-0.2, 0) is 6.42 Å². The van der Waals surface area contributed by atoms with Gasteiger partial charge in [0.25, 0.3) is 0 Å². The van der Waals surface area contributed by atoms with Crippen LogP contribution >= 0.6 is 0 Å². The van der Waals surface area contributed by atoms with Crippen molar-refractivity contribution in [2.24, 2.45) is 0 Å². The second-order valence-corrected chi connectivity index (χ2v) is 5.89. The molecule has 1 fully saturated rings. The van der Waals surface area contributed by atoms with Crippen LogP contribution in [0.25, 0.3) is 0 Å². The van der Waals surface area contributed by atoms with Crippen molar-refractivity contribution in [1.29, 1.82) is 0 Å². The highest BCUT2D eigenvalue weighted by molar-refractivity contribution is 5.66. The number of ether oxygens (including phenoxy) is 2. The molecule has 0 saturated carbocycles. The first-order valence-electron chi connectivity index (χ1n) is 7.48. The fraction of sp³-hybridized carbons (Fsp3) is 0.625. The molecule has 4 nitrogen and oxygen atoms in total. The maximum Gasteiger partial charge on any atom is 0.146 e. The van der Waals surface area contributed by atoms with Gasteiger partial charge in [0.15, 0.2) is 0 Å². The van der Waals surface area contributed by atoms with Gasteiger partial charge >= 0.3 is 0 Å². The van der Waals surface area contributed by atoms with Gasteiger partial charge in [0.2, 0.25) is 0 Å². The molecule has 0 aliphatic carbocycles. The number of piperazine rings is 1. The van der Waals surface area contributed by atoms with Gasteiger partial charge in [-0.2, -0.15) is 0 Å². The summed E-state index contributed by atoms with van der Waals surface area (Å²) in [5.74, 6) is 2.02. The van der Waals surface area contributed by atoms with E-state index in [0.717, 1.165) is 50.5 Å². The van der Waals surface area contributed by atoms with Crippen molar-refractivity contribution in [3.63, 3.8) is 0 Å². The molecular weight excluding hydrogens is 252 g/mol. The van der Waals surface area contributed by atoms with Gasteiger partial charge < -0.3 is 19.3 Å². The highest BCUT2D eigenvalue weighted by atomic mass is 16.5. The topological polar surface area (TPSA) is 24.9 Å². The van der Waals surface area contributed by atoms with E-state index in [-0.39, 0.29) is 0 Å². The minimum Gasteiger partial charge on any atom is -0.497 e. The zero-order valence-corrected chi connectivity index (χ0v) is 12.7. The fourth-order valence-electron chi connectivity index (χ4n) is 2.98. The van der Waals surface area contributed by atoms with Crippen molar-refractivity contribution in [1.82, 2.24) is 4.90 Å². The lowest BCUT2D eigenvalue weighted by Gasteiger charge is -2.37. The van der Waals surface area contributed by atoms with Crippen molar-refractivity contribution in [3.8, 4) is 11.5 Å². The van der Waals surface area contributed by atoms with Crippen LogP contribution in [0.2, 0.25) is 0 Å². The number of rotatable bonds is 2. The Bertz CT molecular complexity index is 482. The molecule has 3 rings (SSSR count). The Balaban J connectivity index is 1.95. The first-order valence-corrected chi connectivity index (χ1v) is 7.48. The lowest BCUT2D eigenvalue weighted by Crippen LogP contribution is -2.44. The molecule has 1 saturated heterocycles. The third-order valence-corrected chi connectivity index (χ3v) is 4.34. The molecule has 0 aromatic heterocycles. The number of methoxy groups -OCH3 is 1. The molecule has 2 aliphatic rings. The molecule has 2 heterocycles. The number of benzene rings is 1. The predicted octanol–water partition coefficient (Wildman–Crippen LogP) is 2.16. The molecule has 4 heteroatoms. The first-order chi connectivity index (χ1) is 9.67. The molecule has 0 spiro atoms. The number of anilines is 1. The van der Waals surface area contributed by atoms with E-state index in [4.69, 9.17) is 9.47 Å². The Morgan fingerprint density at radius 3 is 2.65 bits per heavy atom. The van der Waals surface area contributed by atoms with E-state index in [2.05, 4.69) is 35.9 Å². The molecule has 0 amide bonds. The molecule has 0 N–H and O–H groups in total. The molecule has 2 aliphatic heterocycles. The average Bonchev–Trinajstić information content (AvgIpc) is 2.47.